The number of para-hydroxylation sites is 1. The lowest BCUT2D eigenvalue weighted by atomic mass is 9.83. The molecule has 2 aromatic rings. The molecular formula is C27H30N2O6S3. The summed E-state index contributed by atoms with van der Waals surface area (Å²) in [6.45, 7) is 9.71. The molecule has 8 nitrogen and oxygen atoms in total. The molecule has 1 aromatic carbocycles. The number of phenols is 1. The number of hydrogen-bond acceptors (Lipinski definition) is 9. The van der Waals surface area contributed by atoms with Crippen molar-refractivity contribution < 1.29 is 29.6 Å². The van der Waals surface area contributed by atoms with E-state index < -0.39 is 15.7 Å². The topological polar surface area (TPSA) is 104 Å². The summed E-state index contributed by atoms with van der Waals surface area (Å²) >= 11 is 4.75. The minimum atomic E-state index is -0.947. The summed E-state index contributed by atoms with van der Waals surface area (Å²) in [5.74, 6) is -0.864. The number of anilines is 1. The molecule has 1 aromatic heterocycles. The SMILES string of the molecule is COC1=C(OC)SC2(S1)C(C)=C(C)SC1=C2c2cccc(O)c2N(C(=O)C(C)n2c(O)ccc2O)C1(C)C. The van der Waals surface area contributed by atoms with E-state index in [2.05, 4.69) is 13.8 Å². The molecule has 0 bridgehead atoms. The molecule has 3 aliphatic heterocycles. The maximum atomic E-state index is 14.2. The van der Waals surface area contributed by atoms with Gasteiger partial charge in [-0.2, -0.15) is 0 Å². The van der Waals surface area contributed by atoms with Gasteiger partial charge in [0.05, 0.1) is 25.4 Å². The Morgan fingerprint density at radius 2 is 1.55 bits per heavy atom. The standard InChI is InChI=1S/C27H30N2O6S3/c1-13-15(3)36-22-20(27(13)37-24(34-6)25(35-7)38-27)16-9-8-10-17(30)21(16)29(26(22,4)5)23(33)14(2)28-18(31)11-12-19(28)32/h8-12,14,30-32H,1-7H3. The van der Waals surface area contributed by atoms with Crippen LogP contribution in [0.25, 0.3) is 5.57 Å². The summed E-state index contributed by atoms with van der Waals surface area (Å²) in [4.78, 5) is 17.9. The Bertz CT molecular complexity index is 1420. The minimum Gasteiger partial charge on any atom is -0.506 e. The number of nitrogens with zero attached hydrogens (tertiary/aromatic N) is 2. The van der Waals surface area contributed by atoms with E-state index in [1.54, 1.807) is 73.5 Å². The lowest BCUT2D eigenvalue weighted by Crippen LogP contribution is -2.54. The molecule has 0 fully saturated rings. The first-order valence-electron chi connectivity index (χ1n) is 12.0. The summed E-state index contributed by atoms with van der Waals surface area (Å²) in [7, 11) is 3.25. The van der Waals surface area contributed by atoms with Gasteiger partial charge in [0.15, 0.2) is 11.8 Å². The molecule has 3 N–H and O–H groups in total. The Morgan fingerprint density at radius 1 is 0.974 bits per heavy atom. The lowest BCUT2D eigenvalue weighted by Gasteiger charge is -2.51. The van der Waals surface area contributed by atoms with Gasteiger partial charge >= 0.3 is 0 Å². The second kappa shape index (κ2) is 9.17. The Hall–Kier alpha value is -2.76. The first kappa shape index (κ1) is 26.8. The maximum absolute atomic E-state index is 14.2. The number of allylic oxidation sites excluding steroid dienone is 1. The summed E-state index contributed by atoms with van der Waals surface area (Å²) in [5.41, 5.74) is 2.35. The number of hydrogen-bond donors (Lipinski definition) is 3. The number of carbonyl (C=O) groups excluding carboxylic acids is 1. The lowest BCUT2D eigenvalue weighted by molar-refractivity contribution is -0.122. The van der Waals surface area contributed by atoms with Crippen LogP contribution in [0.5, 0.6) is 17.5 Å². The molecule has 1 atom stereocenters. The number of carbonyl (C=O) groups is 1. The predicted molar refractivity (Wildman–Crippen MR) is 154 cm³/mol. The number of benzene rings is 1. The molecule has 3 aliphatic rings. The van der Waals surface area contributed by atoms with Gasteiger partial charge in [0.2, 0.25) is 10.2 Å². The smallest absolute Gasteiger partial charge is 0.250 e. The average Bonchev–Trinajstić information content (AvgIpc) is 3.42. The third-order valence-electron chi connectivity index (χ3n) is 7.31. The van der Waals surface area contributed by atoms with Crippen molar-refractivity contribution in [3.63, 3.8) is 0 Å². The van der Waals surface area contributed by atoms with Gasteiger partial charge in [-0.1, -0.05) is 47.4 Å². The molecule has 1 amide bonds. The van der Waals surface area contributed by atoms with Gasteiger partial charge in [-0.05, 0) is 51.2 Å². The van der Waals surface area contributed by atoms with Gasteiger partial charge in [0.25, 0.3) is 5.91 Å². The van der Waals surface area contributed by atoms with Crippen LogP contribution in [0.2, 0.25) is 0 Å². The molecule has 0 saturated heterocycles. The van der Waals surface area contributed by atoms with E-state index in [-0.39, 0.29) is 23.4 Å². The molecule has 5 rings (SSSR count). The highest BCUT2D eigenvalue weighted by Crippen LogP contribution is 2.71. The molecule has 38 heavy (non-hydrogen) atoms. The molecule has 1 unspecified atom stereocenters. The normalized spacial score (nSPS) is 20.6. The Balaban J connectivity index is 1.75. The summed E-state index contributed by atoms with van der Waals surface area (Å²) < 4.78 is 12.0. The monoisotopic (exact) mass is 574 g/mol. The van der Waals surface area contributed by atoms with Crippen molar-refractivity contribution in [3.8, 4) is 17.5 Å². The van der Waals surface area contributed by atoms with Crippen LogP contribution in [0, 0.1) is 0 Å². The van der Waals surface area contributed by atoms with Crippen LogP contribution in [0.15, 0.2) is 55.9 Å². The third kappa shape index (κ3) is 3.58. The highest BCUT2D eigenvalue weighted by atomic mass is 32.2. The van der Waals surface area contributed by atoms with E-state index >= 15 is 0 Å². The second-order valence-electron chi connectivity index (χ2n) is 9.79. The van der Waals surface area contributed by atoms with E-state index in [0.717, 1.165) is 26.5 Å². The van der Waals surface area contributed by atoms with Gasteiger partial charge in [-0.15, -0.1) is 0 Å². The van der Waals surface area contributed by atoms with Crippen molar-refractivity contribution in [3.05, 3.63) is 61.5 Å². The van der Waals surface area contributed by atoms with Crippen LogP contribution in [0.1, 0.15) is 46.2 Å². The Labute approximate surface area is 234 Å². The molecule has 11 heteroatoms. The fraction of sp³-hybridized carbons (Fsp3) is 0.370. The van der Waals surface area contributed by atoms with Crippen molar-refractivity contribution >= 4 is 52.5 Å². The Morgan fingerprint density at radius 3 is 2.11 bits per heavy atom. The molecule has 0 radical (unpaired) electrons. The highest BCUT2D eigenvalue weighted by Gasteiger charge is 2.57. The van der Waals surface area contributed by atoms with Crippen LogP contribution in [-0.4, -0.2) is 49.6 Å². The number of ether oxygens (including phenoxy) is 2. The number of rotatable bonds is 4. The summed E-state index contributed by atoms with van der Waals surface area (Å²) in [6.07, 6.45) is 0. The van der Waals surface area contributed by atoms with Crippen LogP contribution in [0.3, 0.4) is 0 Å². The number of aromatic hydroxyl groups is 3. The second-order valence-corrected chi connectivity index (χ2v) is 13.7. The van der Waals surface area contributed by atoms with Crippen LogP contribution < -0.4 is 4.90 Å². The average molecular weight is 575 g/mol. The van der Waals surface area contributed by atoms with Gasteiger partial charge in [-0.25, -0.2) is 0 Å². The zero-order chi connectivity index (χ0) is 27.7. The van der Waals surface area contributed by atoms with E-state index in [1.807, 2.05) is 19.9 Å². The number of thioether (sulfide) groups is 3. The summed E-state index contributed by atoms with van der Waals surface area (Å²) in [5, 5.41) is 33.3. The Kier molecular flexibility index (Phi) is 6.47. The zero-order valence-electron chi connectivity index (χ0n) is 22.1. The minimum absolute atomic E-state index is 0.0346. The van der Waals surface area contributed by atoms with Crippen LogP contribution >= 0.6 is 35.3 Å². The van der Waals surface area contributed by atoms with Gasteiger partial charge < -0.3 is 24.8 Å². The van der Waals surface area contributed by atoms with E-state index in [4.69, 9.17) is 9.47 Å². The number of phenolic OH excluding ortho intramolecular Hbond substituents is 1. The van der Waals surface area contributed by atoms with Crippen LogP contribution in [-0.2, 0) is 14.3 Å². The van der Waals surface area contributed by atoms with E-state index in [1.165, 1.54) is 16.7 Å². The van der Waals surface area contributed by atoms with Crippen molar-refractivity contribution in [2.75, 3.05) is 19.1 Å². The van der Waals surface area contributed by atoms with E-state index in [0.29, 0.717) is 15.9 Å². The van der Waals surface area contributed by atoms with Gasteiger partial charge in [0, 0.05) is 28.2 Å². The van der Waals surface area contributed by atoms with E-state index in [9.17, 15) is 20.1 Å². The number of amides is 1. The van der Waals surface area contributed by atoms with Crippen molar-refractivity contribution in [1.82, 2.24) is 4.57 Å². The maximum Gasteiger partial charge on any atom is 0.250 e. The molecule has 0 saturated carbocycles. The molecule has 0 aliphatic carbocycles. The zero-order valence-corrected chi connectivity index (χ0v) is 24.6. The first-order chi connectivity index (χ1) is 17.9. The third-order valence-corrected chi connectivity index (χ3v) is 12.1. The molecule has 4 heterocycles. The number of aromatic nitrogens is 1. The van der Waals surface area contributed by atoms with Crippen molar-refractivity contribution in [2.45, 2.75) is 50.3 Å². The molecule has 202 valence electrons. The molecule has 1 spiro atoms. The molecular weight excluding hydrogens is 545 g/mol. The van der Waals surface area contributed by atoms with Crippen LogP contribution in [0.4, 0.5) is 5.69 Å². The number of fused-ring (bicyclic) bond motifs is 3. The number of methoxy groups -OCH3 is 2. The fourth-order valence-electron chi connectivity index (χ4n) is 5.31. The van der Waals surface area contributed by atoms with Crippen molar-refractivity contribution in [2.24, 2.45) is 0 Å². The quantitative estimate of drug-likeness (QED) is 0.386. The van der Waals surface area contributed by atoms with Crippen molar-refractivity contribution in [1.29, 1.82) is 0 Å². The van der Waals surface area contributed by atoms with Gasteiger partial charge in [-0.3, -0.25) is 14.3 Å². The fourth-order valence-corrected chi connectivity index (χ4v) is 10.0. The van der Waals surface area contributed by atoms with Gasteiger partial charge in [0.1, 0.15) is 15.9 Å². The first-order valence-corrected chi connectivity index (χ1v) is 14.4. The highest BCUT2D eigenvalue weighted by molar-refractivity contribution is 8.25. The summed E-state index contributed by atoms with van der Waals surface area (Å²) in [6, 6.07) is 7.00. The largest absolute Gasteiger partial charge is 0.506 e. The predicted octanol–water partition coefficient (Wildman–Crippen LogP) is 6.34.